The zero-order valence-corrected chi connectivity index (χ0v) is 9.19. The van der Waals surface area contributed by atoms with Crippen molar-refractivity contribution < 1.29 is 4.39 Å². The van der Waals surface area contributed by atoms with Crippen LogP contribution in [0.4, 0.5) is 4.39 Å². The smallest absolute Gasteiger partial charge is 0.142 e. The summed E-state index contributed by atoms with van der Waals surface area (Å²) in [5.74, 6) is -0.345. The van der Waals surface area contributed by atoms with E-state index in [9.17, 15) is 4.39 Å². The number of thioether (sulfide) groups is 1. The van der Waals surface area contributed by atoms with E-state index in [1.54, 1.807) is 29.2 Å². The summed E-state index contributed by atoms with van der Waals surface area (Å²) in [6.07, 6.45) is 1.96. The summed E-state index contributed by atoms with van der Waals surface area (Å²) in [6.45, 7) is 0. The molecule has 68 valence electrons. The number of benzene rings is 1. The van der Waals surface area contributed by atoms with E-state index >= 15 is 0 Å². The van der Waals surface area contributed by atoms with Crippen molar-refractivity contribution in [3.63, 3.8) is 0 Å². The molecule has 2 rings (SSSR count). The lowest BCUT2D eigenvalue weighted by molar-refractivity contribution is 0.630. The van der Waals surface area contributed by atoms with Gasteiger partial charge in [0, 0.05) is 20.4 Å². The Morgan fingerprint density at radius 2 is 2.23 bits per heavy atom. The van der Waals surface area contributed by atoms with Gasteiger partial charge in [0.2, 0.25) is 0 Å². The normalized spacial score (nSPS) is 11.0. The van der Waals surface area contributed by atoms with Crippen molar-refractivity contribution in [2.24, 2.45) is 0 Å². The zero-order chi connectivity index (χ0) is 9.42. The molecule has 0 saturated heterocycles. The molecule has 1 aromatic heterocycles. The first-order valence-corrected chi connectivity index (χ1v) is 6.11. The van der Waals surface area contributed by atoms with Gasteiger partial charge in [-0.1, -0.05) is 11.6 Å². The predicted octanol–water partition coefficient (Wildman–Crippen LogP) is 4.42. The quantitative estimate of drug-likeness (QED) is 0.656. The number of hydrogen-bond acceptors (Lipinski definition) is 2. The van der Waals surface area contributed by atoms with Gasteiger partial charge in [-0.25, -0.2) is 4.39 Å². The van der Waals surface area contributed by atoms with Crippen LogP contribution in [0, 0.1) is 5.82 Å². The second kappa shape index (κ2) is 3.48. The third-order valence-corrected chi connectivity index (χ3v) is 4.04. The van der Waals surface area contributed by atoms with Crippen LogP contribution in [0.2, 0.25) is 5.02 Å². The van der Waals surface area contributed by atoms with E-state index in [2.05, 4.69) is 0 Å². The zero-order valence-electron chi connectivity index (χ0n) is 6.80. The molecule has 0 nitrogen and oxygen atoms in total. The highest BCUT2D eigenvalue weighted by molar-refractivity contribution is 7.99. The van der Waals surface area contributed by atoms with Gasteiger partial charge >= 0.3 is 0 Å². The Labute approximate surface area is 88.7 Å². The maximum atomic E-state index is 13.1. The Balaban J connectivity index is 2.85. The van der Waals surface area contributed by atoms with E-state index in [1.807, 2.05) is 11.6 Å². The van der Waals surface area contributed by atoms with Crippen molar-refractivity contribution in [2.75, 3.05) is 6.26 Å². The van der Waals surface area contributed by atoms with Crippen LogP contribution in [0.25, 0.3) is 10.1 Å². The Kier molecular flexibility index (Phi) is 2.49. The van der Waals surface area contributed by atoms with E-state index in [1.165, 1.54) is 6.07 Å². The monoisotopic (exact) mass is 232 g/mol. The molecule has 0 atom stereocenters. The van der Waals surface area contributed by atoms with Gasteiger partial charge in [0.05, 0.1) is 5.02 Å². The maximum absolute atomic E-state index is 13.1. The minimum absolute atomic E-state index is 0.239. The van der Waals surface area contributed by atoms with Crippen LogP contribution >= 0.6 is 34.7 Å². The molecule has 0 aliphatic heterocycles. The Morgan fingerprint density at radius 1 is 1.46 bits per heavy atom. The Bertz CT molecular complexity index is 450. The van der Waals surface area contributed by atoms with Gasteiger partial charge < -0.3 is 0 Å². The van der Waals surface area contributed by atoms with Crippen molar-refractivity contribution in [1.29, 1.82) is 0 Å². The molecular formula is C9H6ClFS2. The van der Waals surface area contributed by atoms with E-state index in [-0.39, 0.29) is 10.8 Å². The number of rotatable bonds is 1. The van der Waals surface area contributed by atoms with Gasteiger partial charge in [0.25, 0.3) is 0 Å². The van der Waals surface area contributed by atoms with Crippen LogP contribution in [-0.2, 0) is 0 Å². The molecule has 0 amide bonds. The van der Waals surface area contributed by atoms with Crippen molar-refractivity contribution in [2.45, 2.75) is 4.90 Å². The fraction of sp³-hybridized carbons (Fsp3) is 0.111. The molecule has 0 fully saturated rings. The van der Waals surface area contributed by atoms with E-state index < -0.39 is 0 Å². The lowest BCUT2D eigenvalue weighted by atomic mass is 10.2. The summed E-state index contributed by atoms with van der Waals surface area (Å²) in [7, 11) is 0. The number of halogens is 2. The molecule has 13 heavy (non-hydrogen) atoms. The molecule has 0 bridgehead atoms. The van der Waals surface area contributed by atoms with Gasteiger partial charge in [0.1, 0.15) is 5.82 Å². The summed E-state index contributed by atoms with van der Waals surface area (Å²) >= 11 is 9.05. The molecule has 0 saturated carbocycles. The van der Waals surface area contributed by atoms with Crippen LogP contribution in [0.3, 0.4) is 0 Å². The summed E-state index contributed by atoms with van der Waals surface area (Å²) in [5, 5.41) is 3.09. The highest BCUT2D eigenvalue weighted by Gasteiger charge is 2.10. The third kappa shape index (κ3) is 1.45. The van der Waals surface area contributed by atoms with Crippen LogP contribution in [0.15, 0.2) is 22.4 Å². The standard InChI is InChI=1S/C9H6ClFS2/c1-12-7-4-13-6-3-2-5(11)9(10)8(6)7/h2-4H,1H3. The molecule has 2 aromatic rings. The number of hydrogen-bond donors (Lipinski definition) is 0. The summed E-state index contributed by atoms with van der Waals surface area (Å²) in [4.78, 5) is 1.05. The first-order chi connectivity index (χ1) is 6.24. The molecule has 0 N–H and O–H groups in total. The summed E-state index contributed by atoms with van der Waals surface area (Å²) < 4.78 is 14.1. The van der Waals surface area contributed by atoms with Crippen LogP contribution in [0.5, 0.6) is 0 Å². The SMILES string of the molecule is CSc1csc2ccc(F)c(Cl)c12. The average molecular weight is 233 g/mol. The topological polar surface area (TPSA) is 0 Å². The third-order valence-electron chi connectivity index (χ3n) is 1.82. The van der Waals surface area contributed by atoms with Gasteiger partial charge in [-0.15, -0.1) is 23.1 Å². The van der Waals surface area contributed by atoms with Gasteiger partial charge in [-0.05, 0) is 18.4 Å². The molecule has 0 aliphatic carbocycles. The van der Waals surface area contributed by atoms with Crippen LogP contribution < -0.4 is 0 Å². The molecule has 0 spiro atoms. The van der Waals surface area contributed by atoms with Crippen LogP contribution in [0.1, 0.15) is 0 Å². The number of fused-ring (bicyclic) bond motifs is 1. The lowest BCUT2D eigenvalue weighted by Crippen LogP contribution is -1.76. The minimum atomic E-state index is -0.345. The molecular weight excluding hydrogens is 227 g/mol. The van der Waals surface area contributed by atoms with Crippen molar-refractivity contribution in [1.82, 2.24) is 0 Å². The Hall–Kier alpha value is -0.250. The molecule has 0 unspecified atom stereocenters. The fourth-order valence-corrected chi connectivity index (χ4v) is 3.40. The highest BCUT2D eigenvalue weighted by atomic mass is 35.5. The second-order valence-corrected chi connectivity index (χ2v) is 4.68. The molecule has 0 radical (unpaired) electrons. The largest absolute Gasteiger partial charge is 0.205 e. The Morgan fingerprint density at radius 3 is 2.92 bits per heavy atom. The lowest BCUT2D eigenvalue weighted by Gasteiger charge is -1.98. The van der Waals surface area contributed by atoms with E-state index in [4.69, 9.17) is 11.6 Å². The molecule has 1 heterocycles. The molecule has 4 heteroatoms. The van der Waals surface area contributed by atoms with Crippen molar-refractivity contribution >= 4 is 44.8 Å². The first kappa shape index (κ1) is 9.31. The molecule has 1 aromatic carbocycles. The maximum Gasteiger partial charge on any atom is 0.142 e. The number of thiophene rings is 1. The summed E-state index contributed by atoms with van der Waals surface area (Å²) in [5.41, 5.74) is 0. The van der Waals surface area contributed by atoms with Crippen molar-refractivity contribution in [3.05, 3.63) is 28.4 Å². The average Bonchev–Trinajstić information content (AvgIpc) is 2.55. The fourth-order valence-electron chi connectivity index (χ4n) is 1.19. The van der Waals surface area contributed by atoms with Gasteiger partial charge in [0.15, 0.2) is 0 Å². The van der Waals surface area contributed by atoms with E-state index in [0.717, 1.165) is 15.0 Å². The van der Waals surface area contributed by atoms with Gasteiger partial charge in [-0.2, -0.15) is 0 Å². The van der Waals surface area contributed by atoms with Gasteiger partial charge in [-0.3, -0.25) is 0 Å². The predicted molar refractivity (Wildman–Crippen MR) is 58.6 cm³/mol. The summed E-state index contributed by atoms with van der Waals surface area (Å²) in [6, 6.07) is 3.17. The highest BCUT2D eigenvalue weighted by Crippen LogP contribution is 2.37. The minimum Gasteiger partial charge on any atom is -0.205 e. The first-order valence-electron chi connectivity index (χ1n) is 3.63. The van der Waals surface area contributed by atoms with E-state index in [0.29, 0.717) is 0 Å². The van der Waals surface area contributed by atoms with Crippen molar-refractivity contribution in [3.8, 4) is 0 Å². The van der Waals surface area contributed by atoms with Crippen LogP contribution in [-0.4, -0.2) is 6.26 Å². The second-order valence-electron chi connectivity index (χ2n) is 2.54. The molecule has 0 aliphatic rings.